The van der Waals surface area contributed by atoms with Crippen LogP contribution in [0.4, 0.5) is 10.1 Å². The van der Waals surface area contributed by atoms with Crippen molar-refractivity contribution in [3.63, 3.8) is 0 Å². The average molecular weight is 240 g/mol. The van der Waals surface area contributed by atoms with E-state index in [1.807, 2.05) is 24.3 Å². The minimum atomic E-state index is -0.895. The minimum Gasteiger partial charge on any atom is -0.427 e. The third-order valence-electron chi connectivity index (χ3n) is 2.90. The number of hydrogen-bond donors (Lipinski definition) is 1. The first kappa shape index (κ1) is 11.0. The molecule has 88 valence electrons. The fraction of sp³-hybridized carbons (Fsp3) is 0. The molecule has 0 unspecified atom stereocenters. The van der Waals surface area contributed by atoms with Crippen LogP contribution in [0.15, 0.2) is 53.6 Å². The molecule has 0 aromatic heterocycles. The Labute approximate surface area is 104 Å². The van der Waals surface area contributed by atoms with Crippen LogP contribution in [-0.2, 0) is 0 Å². The number of rotatable bonds is 1. The highest BCUT2D eigenvalue weighted by atomic mass is 19.1. The van der Waals surface area contributed by atoms with E-state index in [0.29, 0.717) is 5.69 Å². The van der Waals surface area contributed by atoms with E-state index in [4.69, 9.17) is 0 Å². The molecule has 0 radical (unpaired) electrons. The molecule has 18 heavy (non-hydrogen) atoms. The fourth-order valence-electron chi connectivity index (χ4n) is 2.01. The van der Waals surface area contributed by atoms with Gasteiger partial charge in [0.2, 0.25) is 0 Å². The molecule has 0 fully saturated rings. The summed E-state index contributed by atoms with van der Waals surface area (Å²) >= 11 is 0. The minimum absolute atomic E-state index is 0.353. The number of hydrogen-bond acceptors (Lipinski definition) is 3. The number of anilines is 1. The lowest BCUT2D eigenvalue weighted by Gasteiger charge is -2.26. The van der Waals surface area contributed by atoms with Gasteiger partial charge in [0.25, 0.3) is 0 Å². The maximum atomic E-state index is 13.2. The highest BCUT2D eigenvalue weighted by molar-refractivity contribution is 6.71. The molecule has 2 aromatic carbocycles. The SMILES string of the molecule is OB1c2ccccc2C=NN1c1cccc(F)c1. The molecule has 0 saturated heterocycles. The van der Waals surface area contributed by atoms with Crippen molar-refractivity contribution in [3.8, 4) is 0 Å². The number of fused-ring (bicyclic) bond motifs is 1. The summed E-state index contributed by atoms with van der Waals surface area (Å²) in [7, 11) is -0.895. The summed E-state index contributed by atoms with van der Waals surface area (Å²) < 4.78 is 13.2. The second-order valence-corrected chi connectivity index (χ2v) is 4.07. The van der Waals surface area contributed by atoms with Crippen LogP contribution in [0, 0.1) is 5.82 Å². The topological polar surface area (TPSA) is 35.8 Å². The van der Waals surface area contributed by atoms with Crippen LogP contribution in [0.25, 0.3) is 0 Å². The zero-order valence-electron chi connectivity index (χ0n) is 9.49. The molecule has 2 aromatic rings. The monoisotopic (exact) mass is 240 g/mol. The lowest BCUT2D eigenvalue weighted by molar-refractivity contribution is 0.577. The first-order chi connectivity index (χ1) is 8.75. The Morgan fingerprint density at radius 1 is 1.11 bits per heavy atom. The summed E-state index contributed by atoms with van der Waals surface area (Å²) in [5.74, 6) is -0.353. The molecule has 1 N–H and O–H groups in total. The van der Waals surface area contributed by atoms with Crippen molar-refractivity contribution in [2.24, 2.45) is 5.10 Å². The smallest absolute Gasteiger partial charge is 0.427 e. The Kier molecular flexibility index (Phi) is 2.61. The largest absolute Gasteiger partial charge is 0.471 e. The summed E-state index contributed by atoms with van der Waals surface area (Å²) in [6.07, 6.45) is 1.66. The molecule has 0 aliphatic carbocycles. The van der Waals surface area contributed by atoms with Gasteiger partial charge in [0, 0.05) is 0 Å². The van der Waals surface area contributed by atoms with Crippen molar-refractivity contribution < 1.29 is 9.41 Å². The average Bonchev–Trinajstić information content (AvgIpc) is 2.39. The van der Waals surface area contributed by atoms with Gasteiger partial charge >= 0.3 is 7.05 Å². The molecule has 5 heteroatoms. The van der Waals surface area contributed by atoms with Gasteiger partial charge in [-0.2, -0.15) is 5.10 Å². The zero-order chi connectivity index (χ0) is 12.5. The highest BCUT2D eigenvalue weighted by Crippen LogP contribution is 2.19. The number of benzene rings is 2. The maximum absolute atomic E-state index is 13.2. The molecule has 0 amide bonds. The molecule has 0 spiro atoms. The van der Waals surface area contributed by atoms with Crippen molar-refractivity contribution >= 4 is 24.4 Å². The standard InChI is InChI=1S/C13H10BFN2O/c15-11-5-3-6-12(8-11)17-14(18)13-7-2-1-4-10(13)9-16-17/h1-9,18H. The summed E-state index contributed by atoms with van der Waals surface area (Å²) in [6, 6.07) is 13.4. The van der Waals surface area contributed by atoms with Gasteiger partial charge in [-0.05, 0) is 29.2 Å². The predicted molar refractivity (Wildman–Crippen MR) is 70.5 cm³/mol. The van der Waals surface area contributed by atoms with Crippen LogP contribution in [0.5, 0.6) is 0 Å². The lowest BCUT2D eigenvalue weighted by atomic mass is 9.69. The molecule has 3 nitrogen and oxygen atoms in total. The van der Waals surface area contributed by atoms with Crippen molar-refractivity contribution in [2.45, 2.75) is 0 Å². The van der Waals surface area contributed by atoms with E-state index < -0.39 is 7.05 Å². The molecule has 1 heterocycles. The van der Waals surface area contributed by atoms with Gasteiger partial charge in [-0.25, -0.2) is 4.39 Å². The van der Waals surface area contributed by atoms with E-state index in [0.717, 1.165) is 11.0 Å². The van der Waals surface area contributed by atoms with Gasteiger partial charge in [-0.15, -0.1) is 0 Å². The van der Waals surface area contributed by atoms with E-state index in [2.05, 4.69) is 5.10 Å². The maximum Gasteiger partial charge on any atom is 0.471 e. The fourth-order valence-corrected chi connectivity index (χ4v) is 2.01. The van der Waals surface area contributed by atoms with E-state index in [1.54, 1.807) is 18.3 Å². The Balaban J connectivity index is 2.03. The Morgan fingerprint density at radius 2 is 1.94 bits per heavy atom. The van der Waals surface area contributed by atoms with Crippen LogP contribution in [-0.4, -0.2) is 18.3 Å². The van der Waals surface area contributed by atoms with Crippen LogP contribution in [0.2, 0.25) is 0 Å². The Bertz CT molecular complexity index is 617. The first-order valence-corrected chi connectivity index (χ1v) is 5.61. The second kappa shape index (κ2) is 4.27. The summed E-state index contributed by atoms with van der Waals surface area (Å²) in [5, 5.41) is 14.4. The van der Waals surface area contributed by atoms with Crippen LogP contribution < -0.4 is 10.4 Å². The van der Waals surface area contributed by atoms with Gasteiger partial charge in [-0.3, -0.25) is 4.92 Å². The molecule has 0 bridgehead atoms. The van der Waals surface area contributed by atoms with Crippen LogP contribution in [0.3, 0.4) is 0 Å². The quantitative estimate of drug-likeness (QED) is 0.764. The van der Waals surface area contributed by atoms with Gasteiger partial charge in [0.15, 0.2) is 0 Å². The van der Waals surface area contributed by atoms with Crippen molar-refractivity contribution in [1.29, 1.82) is 0 Å². The predicted octanol–water partition coefficient (Wildman–Crippen LogP) is 1.37. The van der Waals surface area contributed by atoms with E-state index in [9.17, 15) is 9.41 Å². The van der Waals surface area contributed by atoms with Gasteiger partial charge in [0.05, 0.1) is 11.9 Å². The van der Waals surface area contributed by atoms with Crippen LogP contribution in [0.1, 0.15) is 5.56 Å². The zero-order valence-corrected chi connectivity index (χ0v) is 9.49. The van der Waals surface area contributed by atoms with Crippen molar-refractivity contribution in [1.82, 2.24) is 0 Å². The highest BCUT2D eigenvalue weighted by Gasteiger charge is 2.29. The summed E-state index contributed by atoms with van der Waals surface area (Å²) in [6.45, 7) is 0. The Hall–Kier alpha value is -2.14. The van der Waals surface area contributed by atoms with Crippen molar-refractivity contribution in [2.75, 3.05) is 4.92 Å². The van der Waals surface area contributed by atoms with Gasteiger partial charge in [-0.1, -0.05) is 30.3 Å². The van der Waals surface area contributed by atoms with Gasteiger partial charge in [0.1, 0.15) is 5.82 Å². The second-order valence-electron chi connectivity index (χ2n) is 4.07. The molecule has 0 saturated carbocycles. The van der Waals surface area contributed by atoms with E-state index in [-0.39, 0.29) is 5.82 Å². The number of nitrogens with zero attached hydrogens (tertiary/aromatic N) is 2. The van der Waals surface area contributed by atoms with Crippen LogP contribution >= 0.6 is 0 Å². The summed E-state index contributed by atoms with van der Waals surface area (Å²) in [4.78, 5) is 1.39. The third-order valence-corrected chi connectivity index (χ3v) is 2.90. The normalized spacial score (nSPS) is 13.7. The molecular weight excluding hydrogens is 230 g/mol. The van der Waals surface area contributed by atoms with Gasteiger partial charge < -0.3 is 5.02 Å². The number of hydrazone groups is 1. The summed E-state index contributed by atoms with van der Waals surface area (Å²) in [5.41, 5.74) is 2.16. The molecule has 1 aliphatic heterocycles. The number of halogens is 1. The van der Waals surface area contributed by atoms with E-state index >= 15 is 0 Å². The third kappa shape index (κ3) is 1.78. The molecule has 0 atom stereocenters. The first-order valence-electron chi connectivity index (χ1n) is 5.61. The molecular formula is C13H10BFN2O. The molecule has 1 aliphatic rings. The molecule has 3 rings (SSSR count). The van der Waals surface area contributed by atoms with E-state index in [1.165, 1.54) is 17.1 Å². The Morgan fingerprint density at radius 3 is 2.78 bits per heavy atom. The van der Waals surface area contributed by atoms with Crippen molar-refractivity contribution in [3.05, 3.63) is 59.9 Å². The lowest BCUT2D eigenvalue weighted by Crippen LogP contribution is -2.50.